The first-order chi connectivity index (χ1) is 10.7. The highest BCUT2D eigenvalue weighted by molar-refractivity contribution is 6.03. The van der Waals surface area contributed by atoms with Crippen LogP contribution in [0.1, 0.15) is 27.9 Å². The summed E-state index contributed by atoms with van der Waals surface area (Å²) >= 11 is 0. The molecule has 0 bridgehead atoms. The Hall–Kier alpha value is -1.95. The highest BCUT2D eigenvalue weighted by Crippen LogP contribution is 2.41. The van der Waals surface area contributed by atoms with Crippen LogP contribution in [0.2, 0.25) is 0 Å². The summed E-state index contributed by atoms with van der Waals surface area (Å²) in [7, 11) is 1.92. The molecule has 1 N–H and O–H groups in total. The molecule has 3 rings (SSSR count). The summed E-state index contributed by atoms with van der Waals surface area (Å²) in [6.07, 6.45) is 0.195. The number of carbonyl (C=O) groups excluding carboxylic acids is 1. The van der Waals surface area contributed by atoms with Gasteiger partial charge in [0.2, 0.25) is 0 Å². The molecule has 5 nitrogen and oxygen atoms in total. The quantitative estimate of drug-likeness (QED) is 0.905. The van der Waals surface area contributed by atoms with Gasteiger partial charge in [0.05, 0.1) is 5.56 Å². The number of aromatic carboxylic acids is 1. The van der Waals surface area contributed by atoms with Crippen LogP contribution in [-0.4, -0.2) is 54.2 Å². The smallest absolute Gasteiger partial charge is 0.336 e. The number of carboxylic acid groups (broad SMARTS) is 1. The topological polar surface area (TPSA) is 60.9 Å². The van der Waals surface area contributed by atoms with Crippen LogP contribution >= 0.6 is 0 Å². The second kappa shape index (κ2) is 5.30. The Balaban J connectivity index is 2.00. The van der Waals surface area contributed by atoms with Crippen molar-refractivity contribution >= 4 is 17.6 Å². The minimum atomic E-state index is -1.82. The lowest BCUT2D eigenvalue weighted by molar-refractivity contribution is -0.131. The van der Waals surface area contributed by atoms with Crippen LogP contribution in [0.25, 0.3) is 0 Å². The lowest BCUT2D eigenvalue weighted by Gasteiger charge is -2.34. The standard InChI is InChI=1S/C17H21FN2O3/c1-10-6-13(7-14(11(10)2)15(21)22)20-9-12-8-19(3)5-4-17(12,18)16(20)23/h6-7,12H,4-5,8-9H2,1-3H3,(H,21,22)/t12-,17+/m0/s1. The maximum absolute atomic E-state index is 15.2. The Bertz CT molecular complexity index is 691. The fraction of sp³-hybridized carbons (Fsp3) is 0.529. The number of likely N-dealkylation sites (tertiary alicyclic amines) is 1. The highest BCUT2D eigenvalue weighted by Gasteiger charge is 2.57. The lowest BCUT2D eigenvalue weighted by Crippen LogP contribution is -2.49. The summed E-state index contributed by atoms with van der Waals surface area (Å²) in [5.41, 5.74) is 0.263. The number of carboxylic acids is 1. The number of carbonyl (C=O) groups is 2. The number of rotatable bonds is 2. The van der Waals surface area contributed by atoms with E-state index in [1.54, 1.807) is 19.9 Å². The molecule has 124 valence electrons. The van der Waals surface area contributed by atoms with Crippen molar-refractivity contribution in [3.63, 3.8) is 0 Å². The first kappa shape index (κ1) is 15.9. The third-order valence-corrected chi connectivity index (χ3v) is 5.23. The molecule has 1 aromatic rings. The van der Waals surface area contributed by atoms with Gasteiger partial charge in [0.25, 0.3) is 5.91 Å². The van der Waals surface area contributed by atoms with Gasteiger partial charge in [-0.3, -0.25) is 4.79 Å². The molecular formula is C17H21FN2O3. The second-order valence-electron chi connectivity index (χ2n) is 6.73. The predicted octanol–water partition coefficient (Wildman–Crippen LogP) is 2.01. The van der Waals surface area contributed by atoms with Crippen molar-refractivity contribution in [3.8, 4) is 0 Å². The number of amides is 1. The SMILES string of the molecule is Cc1cc(N2C[C@@H]3CN(C)CC[C@]3(F)C2=O)cc(C(=O)O)c1C. The monoisotopic (exact) mass is 320 g/mol. The normalized spacial score (nSPS) is 28.1. The number of piperidine rings is 1. The molecule has 1 aromatic carbocycles. The Morgan fingerprint density at radius 2 is 2.04 bits per heavy atom. The first-order valence-corrected chi connectivity index (χ1v) is 7.78. The molecule has 0 aliphatic carbocycles. The molecular weight excluding hydrogens is 299 g/mol. The van der Waals surface area contributed by atoms with E-state index in [4.69, 9.17) is 0 Å². The van der Waals surface area contributed by atoms with E-state index in [-0.39, 0.29) is 17.9 Å². The lowest BCUT2D eigenvalue weighted by atomic mass is 9.85. The number of aryl methyl sites for hydroxylation is 1. The van der Waals surface area contributed by atoms with E-state index in [1.807, 2.05) is 11.9 Å². The first-order valence-electron chi connectivity index (χ1n) is 7.78. The van der Waals surface area contributed by atoms with E-state index in [1.165, 1.54) is 11.0 Å². The summed E-state index contributed by atoms with van der Waals surface area (Å²) in [4.78, 5) is 27.5. The van der Waals surface area contributed by atoms with E-state index in [2.05, 4.69) is 0 Å². The molecule has 0 radical (unpaired) electrons. The van der Waals surface area contributed by atoms with Gasteiger partial charge >= 0.3 is 5.97 Å². The van der Waals surface area contributed by atoms with Gasteiger partial charge in [-0.25, -0.2) is 9.18 Å². The summed E-state index contributed by atoms with van der Waals surface area (Å²) < 4.78 is 15.2. The minimum Gasteiger partial charge on any atom is -0.478 e. The van der Waals surface area contributed by atoms with E-state index in [9.17, 15) is 14.7 Å². The molecule has 1 amide bonds. The third-order valence-electron chi connectivity index (χ3n) is 5.23. The van der Waals surface area contributed by atoms with E-state index < -0.39 is 17.5 Å². The largest absolute Gasteiger partial charge is 0.478 e. The van der Waals surface area contributed by atoms with Gasteiger partial charge in [-0.1, -0.05) is 0 Å². The minimum absolute atomic E-state index is 0.160. The molecule has 2 aliphatic rings. The van der Waals surface area contributed by atoms with E-state index >= 15 is 4.39 Å². The van der Waals surface area contributed by atoms with Crippen molar-refractivity contribution in [2.45, 2.75) is 25.9 Å². The van der Waals surface area contributed by atoms with Crippen LogP contribution in [0.4, 0.5) is 10.1 Å². The van der Waals surface area contributed by atoms with Gasteiger partial charge in [-0.2, -0.15) is 0 Å². The van der Waals surface area contributed by atoms with Crippen LogP contribution in [0.3, 0.4) is 0 Å². The van der Waals surface area contributed by atoms with Crippen molar-refractivity contribution in [1.29, 1.82) is 0 Å². The average molecular weight is 320 g/mol. The van der Waals surface area contributed by atoms with Crippen LogP contribution in [0.5, 0.6) is 0 Å². The van der Waals surface area contributed by atoms with Crippen LogP contribution in [0, 0.1) is 19.8 Å². The van der Waals surface area contributed by atoms with Crippen LogP contribution in [-0.2, 0) is 4.79 Å². The highest BCUT2D eigenvalue weighted by atomic mass is 19.1. The zero-order valence-electron chi connectivity index (χ0n) is 13.6. The van der Waals surface area contributed by atoms with Crippen molar-refractivity contribution in [2.75, 3.05) is 31.6 Å². The van der Waals surface area contributed by atoms with Gasteiger partial charge in [-0.05, 0) is 44.2 Å². The molecule has 6 heteroatoms. The number of hydrogen-bond acceptors (Lipinski definition) is 3. The number of alkyl halides is 1. The zero-order chi connectivity index (χ0) is 16.9. The maximum atomic E-state index is 15.2. The predicted molar refractivity (Wildman–Crippen MR) is 84.7 cm³/mol. The van der Waals surface area contributed by atoms with Gasteiger partial charge in [-0.15, -0.1) is 0 Å². The summed E-state index contributed by atoms with van der Waals surface area (Å²) in [5, 5.41) is 9.33. The fourth-order valence-electron chi connectivity index (χ4n) is 3.62. The zero-order valence-corrected chi connectivity index (χ0v) is 13.6. The summed E-state index contributed by atoms with van der Waals surface area (Å²) in [6.45, 7) is 4.92. The molecule has 0 unspecified atom stereocenters. The van der Waals surface area contributed by atoms with Gasteiger partial charge in [0, 0.05) is 37.7 Å². The molecule has 2 atom stereocenters. The molecule has 0 aromatic heterocycles. The van der Waals surface area contributed by atoms with Crippen molar-refractivity contribution < 1.29 is 19.1 Å². The number of nitrogens with zero attached hydrogens (tertiary/aromatic N) is 2. The Morgan fingerprint density at radius 3 is 2.70 bits per heavy atom. The molecule has 2 fully saturated rings. The summed E-state index contributed by atoms with van der Waals surface area (Å²) in [6, 6.07) is 3.25. The van der Waals surface area contributed by atoms with E-state index in [0.717, 1.165) is 5.56 Å². The van der Waals surface area contributed by atoms with Gasteiger partial charge in [0.15, 0.2) is 5.67 Å². The van der Waals surface area contributed by atoms with E-state index in [0.29, 0.717) is 30.9 Å². The second-order valence-corrected chi connectivity index (χ2v) is 6.73. The maximum Gasteiger partial charge on any atom is 0.336 e. The summed E-state index contributed by atoms with van der Waals surface area (Å²) in [5.74, 6) is -1.94. The molecule has 0 spiro atoms. The number of anilines is 1. The van der Waals surface area contributed by atoms with Crippen molar-refractivity contribution in [3.05, 3.63) is 28.8 Å². The van der Waals surface area contributed by atoms with Crippen molar-refractivity contribution in [2.24, 2.45) is 5.92 Å². The number of fused-ring (bicyclic) bond motifs is 1. The molecule has 23 heavy (non-hydrogen) atoms. The Labute approximate surface area is 134 Å². The Morgan fingerprint density at radius 1 is 1.35 bits per heavy atom. The number of hydrogen-bond donors (Lipinski definition) is 1. The number of halogens is 1. The molecule has 0 saturated carbocycles. The third kappa shape index (κ3) is 2.41. The van der Waals surface area contributed by atoms with Gasteiger partial charge in [0.1, 0.15) is 0 Å². The fourth-order valence-corrected chi connectivity index (χ4v) is 3.62. The van der Waals surface area contributed by atoms with Crippen molar-refractivity contribution in [1.82, 2.24) is 4.90 Å². The van der Waals surface area contributed by atoms with Crippen LogP contribution in [0.15, 0.2) is 12.1 Å². The molecule has 2 saturated heterocycles. The molecule has 2 aliphatic heterocycles. The van der Waals surface area contributed by atoms with Gasteiger partial charge < -0.3 is 14.9 Å². The Kier molecular flexibility index (Phi) is 3.67. The average Bonchev–Trinajstić information content (AvgIpc) is 2.74. The van der Waals surface area contributed by atoms with Crippen LogP contribution < -0.4 is 4.90 Å². The molecule has 2 heterocycles. The number of benzene rings is 1.